The number of rotatable bonds is 3. The van der Waals surface area contributed by atoms with E-state index >= 15 is 0 Å². The summed E-state index contributed by atoms with van der Waals surface area (Å²) in [4.78, 5) is 0. The maximum atomic E-state index is 9.40. The molecule has 0 aliphatic carbocycles. The maximum absolute atomic E-state index is 9.40. The van der Waals surface area contributed by atoms with Crippen molar-refractivity contribution in [3.63, 3.8) is 0 Å². The second kappa shape index (κ2) is 4.34. The number of ether oxygens (including phenoxy) is 2. The Hall–Kier alpha value is -0.200. The Labute approximate surface area is 76.9 Å². The summed E-state index contributed by atoms with van der Waals surface area (Å²) in [5.41, 5.74) is 0. The fourth-order valence-corrected chi connectivity index (χ4v) is 1.25. The topological polar surface area (TPSA) is 79.2 Å². The van der Waals surface area contributed by atoms with Crippen LogP contribution in [-0.2, 0) is 9.47 Å². The molecule has 0 radical (unpaired) electrons. The highest BCUT2D eigenvalue weighted by Crippen LogP contribution is 2.22. The van der Waals surface area contributed by atoms with Crippen molar-refractivity contribution in [3.8, 4) is 0 Å². The summed E-state index contributed by atoms with van der Waals surface area (Å²) in [6.07, 6.45) is -3.84. The van der Waals surface area contributed by atoms with E-state index in [9.17, 15) is 10.2 Å². The minimum absolute atomic E-state index is 0.0932. The predicted octanol–water partition coefficient (Wildman–Crippen LogP) is -1.15. The van der Waals surface area contributed by atoms with E-state index in [0.29, 0.717) is 0 Å². The first kappa shape index (κ1) is 10.9. The second-order valence-corrected chi connectivity index (χ2v) is 3.39. The van der Waals surface area contributed by atoms with Gasteiger partial charge in [0, 0.05) is 0 Å². The lowest BCUT2D eigenvalue weighted by atomic mass is 10.1. The molecule has 0 bridgehead atoms. The summed E-state index contributed by atoms with van der Waals surface area (Å²) in [5.74, 6) is 0. The van der Waals surface area contributed by atoms with Crippen LogP contribution in [0.5, 0.6) is 0 Å². The number of hydrogen-bond acceptors (Lipinski definition) is 5. The predicted molar refractivity (Wildman–Crippen MR) is 44.0 cm³/mol. The molecule has 0 saturated carbocycles. The van der Waals surface area contributed by atoms with E-state index in [1.165, 1.54) is 0 Å². The van der Waals surface area contributed by atoms with Crippen molar-refractivity contribution in [3.05, 3.63) is 0 Å². The molecule has 78 valence electrons. The molecule has 0 aromatic carbocycles. The van der Waals surface area contributed by atoms with Gasteiger partial charge in [0.25, 0.3) is 0 Å². The molecule has 1 fully saturated rings. The van der Waals surface area contributed by atoms with E-state index in [2.05, 4.69) is 0 Å². The van der Waals surface area contributed by atoms with Gasteiger partial charge in [0.2, 0.25) is 0 Å². The molecule has 1 heterocycles. The van der Waals surface area contributed by atoms with Crippen LogP contribution in [0.4, 0.5) is 0 Å². The highest BCUT2D eigenvalue weighted by atomic mass is 16.7. The summed E-state index contributed by atoms with van der Waals surface area (Å²) in [6.45, 7) is 3.28. The Morgan fingerprint density at radius 1 is 1.31 bits per heavy atom. The first-order chi connectivity index (χ1) is 6.06. The highest BCUT2D eigenvalue weighted by molar-refractivity contribution is 4.86. The zero-order chi connectivity index (χ0) is 10.0. The molecule has 0 amide bonds. The Morgan fingerprint density at radius 2 is 1.92 bits per heavy atom. The maximum Gasteiger partial charge on any atom is 0.186 e. The molecular weight excluding hydrogens is 176 g/mol. The van der Waals surface area contributed by atoms with Crippen molar-refractivity contribution in [2.24, 2.45) is 0 Å². The summed E-state index contributed by atoms with van der Waals surface area (Å²) < 4.78 is 10.3. The average Bonchev–Trinajstić information content (AvgIpc) is 2.32. The van der Waals surface area contributed by atoms with E-state index in [1.807, 2.05) is 0 Å². The van der Waals surface area contributed by atoms with E-state index in [-0.39, 0.29) is 12.7 Å². The van der Waals surface area contributed by atoms with Crippen molar-refractivity contribution in [1.82, 2.24) is 0 Å². The molecule has 3 N–H and O–H groups in total. The van der Waals surface area contributed by atoms with Crippen LogP contribution in [0.3, 0.4) is 0 Å². The molecule has 0 aromatic heterocycles. The van der Waals surface area contributed by atoms with Crippen molar-refractivity contribution in [2.45, 2.75) is 44.6 Å². The van der Waals surface area contributed by atoms with Crippen LogP contribution >= 0.6 is 0 Å². The van der Waals surface area contributed by atoms with Gasteiger partial charge in [-0.05, 0) is 13.8 Å². The Bertz CT molecular complexity index is 161. The molecule has 5 nitrogen and oxygen atoms in total. The summed E-state index contributed by atoms with van der Waals surface area (Å²) in [6, 6.07) is 0. The molecule has 0 unspecified atom stereocenters. The van der Waals surface area contributed by atoms with Crippen LogP contribution in [-0.4, -0.2) is 52.6 Å². The van der Waals surface area contributed by atoms with Crippen molar-refractivity contribution in [1.29, 1.82) is 0 Å². The quantitative estimate of drug-likeness (QED) is 0.526. The molecule has 1 saturated heterocycles. The minimum Gasteiger partial charge on any atom is -0.394 e. The van der Waals surface area contributed by atoms with Crippen LogP contribution in [0.2, 0.25) is 0 Å². The highest BCUT2D eigenvalue weighted by Gasteiger charge is 2.43. The molecule has 0 aromatic rings. The summed E-state index contributed by atoms with van der Waals surface area (Å²) in [5, 5.41) is 27.5. The zero-order valence-electron chi connectivity index (χ0n) is 7.75. The molecule has 5 heteroatoms. The van der Waals surface area contributed by atoms with Gasteiger partial charge in [-0.1, -0.05) is 0 Å². The zero-order valence-corrected chi connectivity index (χ0v) is 7.75. The molecule has 13 heavy (non-hydrogen) atoms. The lowest BCUT2D eigenvalue weighted by Crippen LogP contribution is -2.35. The minimum atomic E-state index is -1.08. The molecule has 1 aliphatic rings. The molecule has 1 aliphatic heterocycles. The fraction of sp³-hybridized carbons (Fsp3) is 1.00. The summed E-state index contributed by atoms with van der Waals surface area (Å²) in [7, 11) is 0. The van der Waals surface area contributed by atoms with Crippen LogP contribution in [0.1, 0.15) is 13.8 Å². The third-order valence-corrected chi connectivity index (χ3v) is 1.90. The standard InChI is InChI=1S/C8H16O5/c1-4(2)12-8-7(11)6(10)5(3-9)13-8/h4-11H,3H2,1-2H3/t5-,6-,7+,8+/m1/s1. The summed E-state index contributed by atoms with van der Waals surface area (Å²) >= 11 is 0. The van der Waals surface area contributed by atoms with Crippen molar-refractivity contribution in [2.75, 3.05) is 6.61 Å². The van der Waals surface area contributed by atoms with E-state index in [0.717, 1.165) is 0 Å². The average molecular weight is 192 g/mol. The normalized spacial score (nSPS) is 40.2. The van der Waals surface area contributed by atoms with E-state index in [4.69, 9.17) is 14.6 Å². The third-order valence-electron chi connectivity index (χ3n) is 1.90. The van der Waals surface area contributed by atoms with Gasteiger partial charge >= 0.3 is 0 Å². The first-order valence-corrected chi connectivity index (χ1v) is 4.34. The van der Waals surface area contributed by atoms with Gasteiger partial charge in [0.1, 0.15) is 18.3 Å². The first-order valence-electron chi connectivity index (χ1n) is 4.34. The Morgan fingerprint density at radius 3 is 2.31 bits per heavy atom. The largest absolute Gasteiger partial charge is 0.394 e. The van der Waals surface area contributed by atoms with Gasteiger partial charge in [-0.2, -0.15) is 0 Å². The van der Waals surface area contributed by atoms with E-state index in [1.54, 1.807) is 13.8 Å². The lowest BCUT2D eigenvalue weighted by molar-refractivity contribution is -0.186. The smallest absolute Gasteiger partial charge is 0.186 e. The van der Waals surface area contributed by atoms with Gasteiger partial charge in [-0.15, -0.1) is 0 Å². The molecule has 4 atom stereocenters. The van der Waals surface area contributed by atoms with Crippen LogP contribution < -0.4 is 0 Å². The van der Waals surface area contributed by atoms with Crippen LogP contribution in [0, 0.1) is 0 Å². The lowest BCUT2D eigenvalue weighted by Gasteiger charge is -2.17. The molecule has 0 spiro atoms. The number of hydrogen-bond donors (Lipinski definition) is 3. The SMILES string of the molecule is CC(C)O[C@H]1O[C@H](CO)[C@@H](O)[C@@H]1O. The number of aliphatic hydroxyl groups is 3. The molecular formula is C8H16O5. The third kappa shape index (κ3) is 2.38. The van der Waals surface area contributed by atoms with Crippen molar-refractivity contribution >= 4 is 0 Å². The van der Waals surface area contributed by atoms with Gasteiger partial charge in [0.05, 0.1) is 12.7 Å². The Balaban J connectivity index is 2.50. The monoisotopic (exact) mass is 192 g/mol. The van der Waals surface area contributed by atoms with Gasteiger partial charge < -0.3 is 24.8 Å². The number of aliphatic hydroxyl groups excluding tert-OH is 3. The van der Waals surface area contributed by atoms with Gasteiger partial charge in [-0.3, -0.25) is 0 Å². The van der Waals surface area contributed by atoms with Gasteiger partial charge in [-0.25, -0.2) is 0 Å². The fourth-order valence-electron chi connectivity index (χ4n) is 1.25. The second-order valence-electron chi connectivity index (χ2n) is 3.39. The Kier molecular flexibility index (Phi) is 3.63. The van der Waals surface area contributed by atoms with Gasteiger partial charge in [0.15, 0.2) is 6.29 Å². The van der Waals surface area contributed by atoms with Crippen molar-refractivity contribution < 1.29 is 24.8 Å². The van der Waals surface area contributed by atoms with E-state index < -0.39 is 24.6 Å². The van der Waals surface area contributed by atoms with Crippen LogP contribution in [0.25, 0.3) is 0 Å². The van der Waals surface area contributed by atoms with Crippen LogP contribution in [0.15, 0.2) is 0 Å². The molecule has 1 rings (SSSR count).